The van der Waals surface area contributed by atoms with Crippen molar-refractivity contribution in [2.45, 2.75) is 19.1 Å². The third kappa shape index (κ3) is 3.37. The number of aliphatic carboxylic acids is 1. The smallest absolute Gasteiger partial charge is 0.336 e. The number of carbonyl (C=O) groups is 2. The van der Waals surface area contributed by atoms with Crippen molar-refractivity contribution in [1.82, 2.24) is 0 Å². The van der Waals surface area contributed by atoms with Gasteiger partial charge in [0, 0.05) is 11.5 Å². The van der Waals surface area contributed by atoms with Gasteiger partial charge in [-0.3, -0.25) is 9.59 Å². The highest BCUT2D eigenvalue weighted by Crippen LogP contribution is 2.33. The molecule has 2 unspecified atom stereocenters. The fourth-order valence-electron chi connectivity index (χ4n) is 3.42. The lowest BCUT2D eigenvalue weighted by molar-refractivity contribution is -0.137. The molecule has 0 spiro atoms. The molecule has 8 heteroatoms. The van der Waals surface area contributed by atoms with Crippen LogP contribution < -0.4 is 10.4 Å². The van der Waals surface area contributed by atoms with E-state index in [4.69, 9.17) is 9.15 Å². The first-order valence-corrected chi connectivity index (χ1v) is 8.92. The molecule has 0 aliphatic carbocycles. The summed E-state index contributed by atoms with van der Waals surface area (Å²) in [6.45, 7) is 1.79. The summed E-state index contributed by atoms with van der Waals surface area (Å²) in [4.78, 5) is 36.8. The number of hydrogen-bond acceptors (Lipinski definition) is 6. The second-order valence-corrected chi connectivity index (χ2v) is 6.90. The van der Waals surface area contributed by atoms with Gasteiger partial charge in [-0.25, -0.2) is 9.18 Å². The summed E-state index contributed by atoms with van der Waals surface area (Å²) in [5, 5.41) is 20.4. The van der Waals surface area contributed by atoms with Gasteiger partial charge in [0.15, 0.2) is 5.78 Å². The van der Waals surface area contributed by atoms with Crippen LogP contribution in [0.5, 0.6) is 5.75 Å². The Kier molecular flexibility index (Phi) is 4.71. The molecule has 2 N–H and O–H groups in total. The van der Waals surface area contributed by atoms with E-state index >= 15 is 0 Å². The lowest BCUT2D eigenvalue weighted by Crippen LogP contribution is -2.31. The summed E-state index contributed by atoms with van der Waals surface area (Å²) >= 11 is 0. The van der Waals surface area contributed by atoms with E-state index in [1.165, 1.54) is 6.07 Å². The number of carboxylic acids is 1. The molecule has 2 aromatic carbocycles. The molecule has 0 radical (unpaired) electrons. The van der Waals surface area contributed by atoms with Crippen molar-refractivity contribution in [2.24, 2.45) is 0 Å². The van der Waals surface area contributed by atoms with E-state index in [0.717, 1.165) is 29.8 Å². The normalized spacial score (nSPS) is 18.2. The molecule has 0 fully saturated rings. The Hall–Kier alpha value is -3.78. The molecule has 1 aliphatic rings. The van der Waals surface area contributed by atoms with E-state index in [-0.39, 0.29) is 28.0 Å². The number of fused-ring (bicyclic) bond motifs is 2. The predicted octanol–water partition coefficient (Wildman–Crippen LogP) is 2.93. The van der Waals surface area contributed by atoms with Crippen molar-refractivity contribution in [2.75, 3.05) is 0 Å². The van der Waals surface area contributed by atoms with Crippen molar-refractivity contribution in [3.05, 3.63) is 87.0 Å². The van der Waals surface area contributed by atoms with Crippen LogP contribution in [0.15, 0.2) is 63.3 Å². The summed E-state index contributed by atoms with van der Waals surface area (Å²) < 4.78 is 24.0. The monoisotopic (exact) mass is 410 g/mol. The summed E-state index contributed by atoms with van der Waals surface area (Å²) in [6, 6.07) is 9.18. The second-order valence-electron chi connectivity index (χ2n) is 6.90. The number of benzene rings is 2. The lowest BCUT2D eigenvalue weighted by Gasteiger charge is -2.24. The minimum Gasteiger partial charge on any atom is -0.481 e. The highest BCUT2D eigenvalue weighted by molar-refractivity contribution is 6.12. The van der Waals surface area contributed by atoms with Crippen LogP contribution >= 0.6 is 0 Å². The van der Waals surface area contributed by atoms with Crippen molar-refractivity contribution in [3.63, 3.8) is 0 Å². The van der Waals surface area contributed by atoms with E-state index in [9.17, 15) is 29.0 Å². The lowest BCUT2D eigenvalue weighted by atomic mass is 9.90. The minimum atomic E-state index is -1.74. The molecule has 0 bridgehead atoms. The second kappa shape index (κ2) is 7.23. The first-order valence-electron chi connectivity index (χ1n) is 8.92. The van der Waals surface area contributed by atoms with Crippen molar-refractivity contribution in [3.8, 4) is 5.75 Å². The molecule has 0 saturated heterocycles. The molecule has 0 saturated carbocycles. The summed E-state index contributed by atoms with van der Waals surface area (Å²) in [6.07, 6.45) is -0.733. The fourth-order valence-corrected chi connectivity index (χ4v) is 3.42. The van der Waals surface area contributed by atoms with E-state index in [0.29, 0.717) is 5.39 Å². The molecule has 1 aliphatic heterocycles. The Balaban J connectivity index is 1.89. The largest absolute Gasteiger partial charge is 0.481 e. The number of halogens is 1. The first kappa shape index (κ1) is 19.5. The van der Waals surface area contributed by atoms with Gasteiger partial charge in [-0.15, -0.1) is 0 Å². The molecule has 7 nitrogen and oxygen atoms in total. The van der Waals surface area contributed by atoms with Gasteiger partial charge in [0.2, 0.25) is 6.29 Å². The van der Waals surface area contributed by atoms with Crippen LogP contribution in [0.3, 0.4) is 0 Å². The fraction of sp³-hybridized carbons (Fsp3) is 0.136. The molecular weight excluding hydrogens is 395 g/mol. The summed E-state index contributed by atoms with van der Waals surface area (Å²) in [7, 11) is 0. The number of ether oxygens (including phenoxy) is 1. The highest BCUT2D eigenvalue weighted by Gasteiger charge is 2.33. The minimum absolute atomic E-state index is 0.0146. The zero-order valence-electron chi connectivity index (χ0n) is 15.6. The SMILES string of the molecule is Cc1ccc2c(C(/C=C3/C(=O)c4cc(F)ccc4OC3O)C(=O)O)cc(=O)oc2c1. The van der Waals surface area contributed by atoms with Crippen molar-refractivity contribution in [1.29, 1.82) is 0 Å². The van der Waals surface area contributed by atoms with Gasteiger partial charge in [-0.2, -0.15) is 0 Å². The molecule has 3 aromatic rings. The van der Waals surface area contributed by atoms with E-state index in [1.54, 1.807) is 25.1 Å². The van der Waals surface area contributed by atoms with E-state index in [1.807, 2.05) is 0 Å². The highest BCUT2D eigenvalue weighted by atomic mass is 19.1. The Labute approximate surface area is 168 Å². The van der Waals surface area contributed by atoms with E-state index < -0.39 is 35.4 Å². The zero-order valence-corrected chi connectivity index (χ0v) is 15.6. The number of aliphatic hydroxyl groups excluding tert-OH is 1. The summed E-state index contributed by atoms with van der Waals surface area (Å²) in [5.74, 6) is -4.29. The predicted molar refractivity (Wildman–Crippen MR) is 103 cm³/mol. The quantitative estimate of drug-likeness (QED) is 0.504. The number of ketones is 1. The van der Waals surface area contributed by atoms with Crippen molar-refractivity contribution < 1.29 is 33.3 Å². The Morgan fingerprint density at radius 2 is 1.93 bits per heavy atom. The molecule has 2 heterocycles. The maximum atomic E-state index is 13.6. The van der Waals surface area contributed by atoms with Gasteiger partial charge in [-0.1, -0.05) is 18.2 Å². The Bertz CT molecular complexity index is 1290. The molecule has 1 aromatic heterocycles. The Morgan fingerprint density at radius 3 is 2.67 bits per heavy atom. The first-order chi connectivity index (χ1) is 14.2. The number of hydrogen-bond donors (Lipinski definition) is 2. The molecule has 4 rings (SSSR count). The van der Waals surface area contributed by atoms with Gasteiger partial charge in [-0.05, 0) is 42.3 Å². The van der Waals surface area contributed by atoms with E-state index in [2.05, 4.69) is 0 Å². The number of carboxylic acid groups (broad SMARTS) is 1. The molecule has 152 valence electrons. The van der Waals surface area contributed by atoms with Gasteiger partial charge >= 0.3 is 11.6 Å². The third-order valence-electron chi connectivity index (χ3n) is 4.83. The van der Waals surface area contributed by atoms with Crippen LogP contribution in [0.1, 0.15) is 27.4 Å². The standard InChI is InChI=1S/C22H15FO7/c1-10-2-4-12-13(9-19(24)29-18(12)6-10)14(21(26)27)8-16-20(25)15-7-11(23)3-5-17(15)30-22(16)28/h2-9,14,22,28H,1H3,(H,26,27)/b16-8-. The average molecular weight is 410 g/mol. The van der Waals surface area contributed by atoms with Crippen molar-refractivity contribution >= 4 is 22.7 Å². The number of Topliss-reactive ketones (excluding diaryl/α,β-unsaturated/α-hetero) is 1. The van der Waals surface area contributed by atoms with Gasteiger partial charge < -0.3 is 19.4 Å². The van der Waals surface area contributed by atoms with Crippen LogP contribution in [-0.4, -0.2) is 28.3 Å². The maximum absolute atomic E-state index is 13.6. The number of rotatable bonds is 3. The third-order valence-corrected chi connectivity index (χ3v) is 4.83. The van der Waals surface area contributed by atoms with Gasteiger partial charge in [0.25, 0.3) is 0 Å². The number of aliphatic hydroxyl groups is 1. The number of carbonyl (C=O) groups excluding carboxylic acids is 1. The number of aryl methyl sites for hydroxylation is 1. The van der Waals surface area contributed by atoms with Crippen LogP contribution in [0.4, 0.5) is 4.39 Å². The van der Waals surface area contributed by atoms with Crippen LogP contribution in [-0.2, 0) is 4.79 Å². The Morgan fingerprint density at radius 1 is 1.17 bits per heavy atom. The average Bonchev–Trinajstić information content (AvgIpc) is 2.67. The molecule has 2 atom stereocenters. The molecule has 0 amide bonds. The van der Waals surface area contributed by atoms with Crippen LogP contribution in [0.2, 0.25) is 0 Å². The maximum Gasteiger partial charge on any atom is 0.336 e. The van der Waals surface area contributed by atoms with Gasteiger partial charge in [0.05, 0.1) is 11.1 Å². The molecular formula is C22H15FO7. The topological polar surface area (TPSA) is 114 Å². The summed E-state index contributed by atoms with van der Waals surface area (Å²) in [5.41, 5.74) is -0.171. The van der Waals surface area contributed by atoms with Crippen LogP contribution in [0, 0.1) is 12.7 Å². The van der Waals surface area contributed by atoms with Crippen LogP contribution in [0.25, 0.3) is 11.0 Å². The van der Waals surface area contributed by atoms with Gasteiger partial charge in [0.1, 0.15) is 23.1 Å². The zero-order chi connectivity index (χ0) is 21.6. The molecule has 30 heavy (non-hydrogen) atoms.